The molecule has 0 saturated carbocycles. The zero-order chi connectivity index (χ0) is 14.8. The topological polar surface area (TPSA) is 75.2 Å². The summed E-state index contributed by atoms with van der Waals surface area (Å²) >= 11 is 0. The number of nitrogens with zero attached hydrogens (tertiary/aromatic N) is 3. The van der Waals surface area contributed by atoms with Gasteiger partial charge in [0, 0.05) is 36.1 Å². The van der Waals surface area contributed by atoms with Gasteiger partial charge >= 0.3 is 0 Å². The molecule has 1 aliphatic heterocycles. The van der Waals surface area contributed by atoms with E-state index < -0.39 is 0 Å². The summed E-state index contributed by atoms with van der Waals surface area (Å²) in [4.78, 5) is 6.71. The number of rotatable bonds is 2. The molecule has 1 aromatic carbocycles. The molecular weight excluding hydrogens is 264 g/mol. The number of benzene rings is 1. The summed E-state index contributed by atoms with van der Waals surface area (Å²) in [5.74, 6) is 1.65. The highest BCUT2D eigenvalue weighted by molar-refractivity contribution is 5.96. The van der Waals surface area contributed by atoms with Crippen LogP contribution in [-0.2, 0) is 0 Å². The van der Waals surface area contributed by atoms with Crippen LogP contribution in [0.5, 0.6) is 5.75 Å². The van der Waals surface area contributed by atoms with Gasteiger partial charge in [-0.05, 0) is 31.0 Å². The molecule has 5 heteroatoms. The molecule has 5 nitrogen and oxygen atoms in total. The lowest BCUT2D eigenvalue weighted by Crippen LogP contribution is -2.43. The fourth-order valence-electron chi connectivity index (χ4n) is 2.88. The Labute approximate surface area is 123 Å². The second-order valence-electron chi connectivity index (χ2n) is 5.37. The second kappa shape index (κ2) is 5.58. The van der Waals surface area contributed by atoms with Crippen LogP contribution in [0, 0.1) is 11.3 Å². The smallest absolute Gasteiger partial charge is 0.136 e. The Balaban J connectivity index is 2.15. The Morgan fingerprint density at radius 1 is 1.43 bits per heavy atom. The van der Waals surface area contributed by atoms with Crippen molar-refractivity contribution >= 4 is 16.6 Å². The molecule has 21 heavy (non-hydrogen) atoms. The first-order chi connectivity index (χ1) is 10.2. The molecule has 1 fully saturated rings. The minimum absolute atomic E-state index is 0.178. The normalized spacial score (nSPS) is 18.5. The van der Waals surface area contributed by atoms with Gasteiger partial charge in [-0.25, -0.2) is 4.98 Å². The number of aromatic nitrogens is 1. The summed E-state index contributed by atoms with van der Waals surface area (Å²) in [6.07, 6.45) is 3.76. The average molecular weight is 282 g/mol. The van der Waals surface area contributed by atoms with E-state index in [1.807, 2.05) is 18.2 Å². The van der Waals surface area contributed by atoms with Crippen molar-refractivity contribution in [2.75, 3.05) is 25.1 Å². The molecule has 0 spiro atoms. The number of pyridine rings is 1. The van der Waals surface area contributed by atoms with E-state index in [1.165, 1.54) is 0 Å². The van der Waals surface area contributed by atoms with Crippen molar-refractivity contribution in [2.45, 2.75) is 18.9 Å². The van der Waals surface area contributed by atoms with E-state index in [0.29, 0.717) is 5.56 Å². The quantitative estimate of drug-likeness (QED) is 0.912. The minimum Gasteiger partial charge on any atom is -0.497 e. The van der Waals surface area contributed by atoms with E-state index in [-0.39, 0.29) is 6.04 Å². The molecular formula is C16H18N4O. The molecule has 2 N–H and O–H groups in total. The number of nitriles is 1. The largest absolute Gasteiger partial charge is 0.497 e. The molecule has 1 aromatic heterocycles. The van der Waals surface area contributed by atoms with Crippen molar-refractivity contribution in [3.8, 4) is 11.8 Å². The Morgan fingerprint density at radius 3 is 3.00 bits per heavy atom. The predicted molar refractivity (Wildman–Crippen MR) is 82.4 cm³/mol. The lowest BCUT2D eigenvalue weighted by Gasteiger charge is -2.32. The van der Waals surface area contributed by atoms with E-state index >= 15 is 0 Å². The summed E-state index contributed by atoms with van der Waals surface area (Å²) in [5, 5.41) is 11.1. The number of methoxy groups -OCH3 is 1. The van der Waals surface area contributed by atoms with E-state index in [2.05, 4.69) is 16.0 Å². The van der Waals surface area contributed by atoms with Crippen LogP contribution >= 0.6 is 0 Å². The van der Waals surface area contributed by atoms with E-state index in [1.54, 1.807) is 13.3 Å². The minimum atomic E-state index is 0.178. The Hall–Kier alpha value is -2.32. The van der Waals surface area contributed by atoms with Gasteiger partial charge in [0.2, 0.25) is 0 Å². The van der Waals surface area contributed by atoms with Crippen LogP contribution in [0.15, 0.2) is 24.4 Å². The van der Waals surface area contributed by atoms with Gasteiger partial charge in [0.1, 0.15) is 17.6 Å². The second-order valence-corrected chi connectivity index (χ2v) is 5.37. The third-order valence-corrected chi connectivity index (χ3v) is 3.95. The summed E-state index contributed by atoms with van der Waals surface area (Å²) in [7, 11) is 1.64. The maximum atomic E-state index is 9.25. The lowest BCUT2D eigenvalue weighted by atomic mass is 10.0. The number of piperidine rings is 1. The van der Waals surface area contributed by atoms with Crippen LogP contribution in [0.2, 0.25) is 0 Å². The van der Waals surface area contributed by atoms with Crippen LogP contribution in [0.25, 0.3) is 10.8 Å². The monoisotopic (exact) mass is 282 g/mol. The van der Waals surface area contributed by atoms with Crippen LogP contribution in [0.1, 0.15) is 18.4 Å². The van der Waals surface area contributed by atoms with Gasteiger partial charge in [0.05, 0.1) is 12.7 Å². The molecule has 1 atom stereocenters. The van der Waals surface area contributed by atoms with E-state index in [0.717, 1.165) is 48.3 Å². The van der Waals surface area contributed by atoms with Crippen molar-refractivity contribution in [1.82, 2.24) is 4.98 Å². The number of fused-ring (bicyclic) bond motifs is 1. The molecule has 2 heterocycles. The van der Waals surface area contributed by atoms with Gasteiger partial charge in [0.15, 0.2) is 0 Å². The maximum Gasteiger partial charge on any atom is 0.136 e. The SMILES string of the molecule is COc1ccc2c(C#N)cnc(N3CCC[C@H](N)C3)c2c1. The number of nitrogens with two attached hydrogens (primary N) is 1. The van der Waals surface area contributed by atoms with Gasteiger partial charge in [-0.3, -0.25) is 0 Å². The molecule has 0 bridgehead atoms. The van der Waals surface area contributed by atoms with Crippen molar-refractivity contribution in [3.63, 3.8) is 0 Å². The zero-order valence-electron chi connectivity index (χ0n) is 12.0. The maximum absolute atomic E-state index is 9.25. The van der Waals surface area contributed by atoms with Crippen LogP contribution in [-0.4, -0.2) is 31.2 Å². The van der Waals surface area contributed by atoms with Gasteiger partial charge in [-0.1, -0.05) is 0 Å². The first kappa shape index (κ1) is 13.7. The lowest BCUT2D eigenvalue weighted by molar-refractivity contribution is 0.415. The first-order valence-electron chi connectivity index (χ1n) is 7.10. The van der Waals surface area contributed by atoms with Crippen LogP contribution < -0.4 is 15.4 Å². The molecule has 0 aliphatic carbocycles. The summed E-state index contributed by atoms with van der Waals surface area (Å²) in [5.41, 5.74) is 6.65. The molecule has 0 radical (unpaired) electrons. The molecule has 1 saturated heterocycles. The van der Waals surface area contributed by atoms with Gasteiger partial charge in [-0.2, -0.15) is 5.26 Å². The summed E-state index contributed by atoms with van der Waals surface area (Å²) in [6, 6.07) is 8.11. The fraction of sp³-hybridized carbons (Fsp3) is 0.375. The summed E-state index contributed by atoms with van der Waals surface area (Å²) in [6.45, 7) is 1.74. The molecule has 0 amide bonds. The van der Waals surface area contributed by atoms with Crippen LogP contribution in [0.4, 0.5) is 5.82 Å². The Morgan fingerprint density at radius 2 is 2.29 bits per heavy atom. The van der Waals surface area contributed by atoms with Crippen LogP contribution in [0.3, 0.4) is 0 Å². The summed E-state index contributed by atoms with van der Waals surface area (Å²) < 4.78 is 5.31. The highest BCUT2D eigenvalue weighted by Gasteiger charge is 2.20. The Bertz CT molecular complexity index is 707. The number of ether oxygens (including phenoxy) is 1. The number of hydrogen-bond donors (Lipinski definition) is 1. The van der Waals surface area contributed by atoms with E-state index in [4.69, 9.17) is 10.5 Å². The predicted octanol–water partition coefficient (Wildman–Crippen LogP) is 2.04. The molecule has 3 rings (SSSR count). The number of hydrogen-bond acceptors (Lipinski definition) is 5. The van der Waals surface area contributed by atoms with Crippen molar-refractivity contribution < 1.29 is 4.74 Å². The van der Waals surface area contributed by atoms with Crippen molar-refractivity contribution in [2.24, 2.45) is 5.73 Å². The first-order valence-corrected chi connectivity index (χ1v) is 7.10. The zero-order valence-corrected chi connectivity index (χ0v) is 12.0. The fourth-order valence-corrected chi connectivity index (χ4v) is 2.88. The van der Waals surface area contributed by atoms with Crippen molar-refractivity contribution in [1.29, 1.82) is 5.26 Å². The molecule has 108 valence electrons. The molecule has 2 aromatic rings. The van der Waals surface area contributed by atoms with E-state index in [9.17, 15) is 5.26 Å². The van der Waals surface area contributed by atoms with Gasteiger partial charge < -0.3 is 15.4 Å². The van der Waals surface area contributed by atoms with Gasteiger partial charge in [-0.15, -0.1) is 0 Å². The molecule has 1 aliphatic rings. The molecule has 0 unspecified atom stereocenters. The van der Waals surface area contributed by atoms with Crippen molar-refractivity contribution in [3.05, 3.63) is 30.0 Å². The number of anilines is 1. The highest BCUT2D eigenvalue weighted by Crippen LogP contribution is 2.31. The third kappa shape index (κ3) is 2.50. The third-order valence-electron chi connectivity index (χ3n) is 3.95. The standard InChI is InChI=1S/C16H18N4O/c1-21-13-4-5-14-11(8-17)9-19-16(15(14)7-13)20-6-2-3-12(18)10-20/h4-5,7,9,12H,2-3,6,10,18H2,1H3/t12-/m0/s1. The Kier molecular flexibility index (Phi) is 3.63. The average Bonchev–Trinajstić information content (AvgIpc) is 2.53. The van der Waals surface area contributed by atoms with Gasteiger partial charge in [0.25, 0.3) is 0 Å². The highest BCUT2D eigenvalue weighted by atomic mass is 16.5.